The molecule has 0 unspecified atom stereocenters. The molecule has 5 nitrogen and oxygen atoms in total. The third kappa shape index (κ3) is 5.40. The van der Waals surface area contributed by atoms with Gasteiger partial charge in [-0.3, -0.25) is 14.2 Å². The fourth-order valence-corrected chi connectivity index (χ4v) is 5.63. The van der Waals surface area contributed by atoms with Crippen molar-refractivity contribution in [2.24, 2.45) is 0 Å². The van der Waals surface area contributed by atoms with Gasteiger partial charge in [0, 0.05) is 28.2 Å². The van der Waals surface area contributed by atoms with Crippen molar-refractivity contribution in [3.8, 4) is 5.75 Å². The van der Waals surface area contributed by atoms with Gasteiger partial charge in [-0.1, -0.05) is 60.7 Å². The van der Waals surface area contributed by atoms with E-state index in [9.17, 15) is 9.59 Å². The monoisotopic (exact) mass is 518 g/mol. The molecule has 0 bridgehead atoms. The van der Waals surface area contributed by atoms with E-state index in [-0.39, 0.29) is 18.2 Å². The summed E-state index contributed by atoms with van der Waals surface area (Å²) in [4.78, 5) is 26.5. The van der Waals surface area contributed by atoms with E-state index in [0.29, 0.717) is 22.9 Å². The predicted molar refractivity (Wildman–Crippen MR) is 149 cm³/mol. The van der Waals surface area contributed by atoms with Crippen LogP contribution in [-0.4, -0.2) is 31.6 Å². The van der Waals surface area contributed by atoms with Crippen molar-refractivity contribution in [3.05, 3.63) is 94.1 Å². The van der Waals surface area contributed by atoms with Gasteiger partial charge in [0.15, 0.2) is 0 Å². The van der Waals surface area contributed by atoms with Gasteiger partial charge in [-0.05, 0) is 60.5 Å². The van der Waals surface area contributed by atoms with Crippen LogP contribution >= 0.6 is 11.6 Å². The summed E-state index contributed by atoms with van der Waals surface area (Å²) in [6.07, 6.45) is 0.156. The highest BCUT2D eigenvalue weighted by Gasteiger charge is 2.22. The summed E-state index contributed by atoms with van der Waals surface area (Å²) >= 11 is 6.01. The number of carbonyl (C=O) groups is 2. The van der Waals surface area contributed by atoms with Crippen LogP contribution in [0.4, 0.5) is 0 Å². The van der Waals surface area contributed by atoms with Gasteiger partial charge >= 0.3 is 0 Å². The molecule has 1 heterocycles. The Bertz CT molecular complexity index is 1420. The second-order valence-corrected chi connectivity index (χ2v) is 15.5. The van der Waals surface area contributed by atoms with E-state index in [1.807, 2.05) is 25.1 Å². The van der Waals surface area contributed by atoms with Crippen molar-refractivity contribution in [2.75, 3.05) is 7.11 Å². The van der Waals surface area contributed by atoms with Crippen LogP contribution in [0.3, 0.4) is 0 Å². The van der Waals surface area contributed by atoms with Gasteiger partial charge in [0.2, 0.25) is 5.91 Å². The molecule has 1 amide bonds. The molecule has 0 saturated carbocycles. The minimum atomic E-state index is -1.36. The van der Waals surface area contributed by atoms with E-state index in [2.05, 4.69) is 49.2 Å². The molecule has 7 heteroatoms. The third-order valence-electron chi connectivity index (χ3n) is 6.48. The molecule has 0 aliphatic rings. The van der Waals surface area contributed by atoms with Gasteiger partial charge < -0.3 is 10.1 Å². The number of ether oxygens (including phenoxy) is 1. The molecule has 0 saturated heterocycles. The van der Waals surface area contributed by atoms with Crippen molar-refractivity contribution in [2.45, 2.75) is 39.5 Å². The molecule has 0 aliphatic heterocycles. The lowest BCUT2D eigenvalue weighted by molar-refractivity contribution is -0.120. The summed E-state index contributed by atoms with van der Waals surface area (Å²) in [5.41, 5.74) is 3.85. The van der Waals surface area contributed by atoms with Crippen molar-refractivity contribution >= 4 is 47.6 Å². The lowest BCUT2D eigenvalue weighted by Crippen LogP contribution is -2.37. The van der Waals surface area contributed by atoms with Crippen LogP contribution in [0.25, 0.3) is 10.9 Å². The van der Waals surface area contributed by atoms with Crippen LogP contribution in [0.15, 0.2) is 66.7 Å². The maximum atomic E-state index is 13.4. The second kappa shape index (κ2) is 10.3. The summed E-state index contributed by atoms with van der Waals surface area (Å²) in [6, 6.07) is 20.9. The van der Waals surface area contributed by atoms with Gasteiger partial charge in [0.1, 0.15) is 5.75 Å². The summed E-state index contributed by atoms with van der Waals surface area (Å²) in [6.45, 7) is 9.27. The number of nitrogens with zero attached hydrogens (tertiary/aromatic N) is 1. The highest BCUT2D eigenvalue weighted by atomic mass is 35.5. The molecule has 0 fully saturated rings. The molecule has 0 aliphatic carbocycles. The number of aromatic nitrogens is 1. The number of hydrogen-bond donors (Lipinski definition) is 1. The van der Waals surface area contributed by atoms with Crippen LogP contribution in [-0.2, 0) is 17.8 Å². The number of nitrogens with one attached hydrogen (secondary N) is 1. The molecule has 4 rings (SSSR count). The van der Waals surface area contributed by atoms with Crippen LogP contribution < -0.4 is 15.2 Å². The molecular formula is C29H31ClN2O3Si. The molecule has 4 aromatic rings. The van der Waals surface area contributed by atoms with Crippen LogP contribution in [0.1, 0.15) is 27.2 Å². The Balaban J connectivity index is 1.61. The van der Waals surface area contributed by atoms with Crippen LogP contribution in [0.2, 0.25) is 24.7 Å². The highest BCUT2D eigenvalue weighted by molar-refractivity contribution is 6.88. The first kappa shape index (κ1) is 25.7. The Hall–Kier alpha value is -3.35. The average Bonchev–Trinajstić information content (AvgIpc) is 3.12. The van der Waals surface area contributed by atoms with Crippen LogP contribution in [0.5, 0.6) is 5.75 Å². The Morgan fingerprint density at radius 1 is 0.972 bits per heavy atom. The van der Waals surface area contributed by atoms with Crippen LogP contribution in [0, 0.1) is 6.92 Å². The number of rotatable bonds is 7. The molecule has 36 heavy (non-hydrogen) atoms. The fourth-order valence-electron chi connectivity index (χ4n) is 4.34. The van der Waals surface area contributed by atoms with E-state index in [1.165, 1.54) is 5.19 Å². The maximum Gasteiger partial charge on any atom is 0.262 e. The quantitative estimate of drug-likeness (QED) is 0.319. The van der Waals surface area contributed by atoms with Crippen molar-refractivity contribution in [1.82, 2.24) is 9.88 Å². The standard InChI is InChI=1S/C29H31ClN2O3Si/c1-19-25(17-28(33)31-18-20-6-13-24(14-7-20)36(3,4)5)26-16-23(35-2)12-15-27(26)32(19)29(34)21-8-10-22(30)11-9-21/h6-16H,17-18H2,1-5H3,(H,31,33). The molecule has 3 aromatic carbocycles. The van der Waals surface area contributed by atoms with Gasteiger partial charge in [0.05, 0.1) is 27.1 Å². The van der Waals surface area contributed by atoms with E-state index in [4.69, 9.17) is 16.3 Å². The molecule has 0 spiro atoms. The number of carbonyl (C=O) groups excluding carboxylic acids is 2. The van der Waals surface area contributed by atoms with Gasteiger partial charge in [0.25, 0.3) is 5.91 Å². The topological polar surface area (TPSA) is 60.3 Å². The van der Waals surface area contributed by atoms with Crippen molar-refractivity contribution < 1.29 is 14.3 Å². The summed E-state index contributed by atoms with van der Waals surface area (Å²) in [5.74, 6) is 0.393. The Morgan fingerprint density at radius 3 is 2.25 bits per heavy atom. The normalized spacial score (nSPS) is 11.5. The van der Waals surface area contributed by atoms with Crippen molar-refractivity contribution in [1.29, 1.82) is 0 Å². The largest absolute Gasteiger partial charge is 0.497 e. The number of hydrogen-bond acceptors (Lipinski definition) is 3. The van der Waals surface area contributed by atoms with E-state index in [0.717, 1.165) is 27.7 Å². The Labute approximate surface area is 218 Å². The lowest BCUT2D eigenvalue weighted by atomic mass is 10.1. The van der Waals surface area contributed by atoms with E-state index < -0.39 is 8.07 Å². The molecule has 1 N–H and O–H groups in total. The Morgan fingerprint density at radius 2 is 1.64 bits per heavy atom. The molecule has 0 atom stereocenters. The Kier molecular flexibility index (Phi) is 7.38. The number of benzene rings is 3. The minimum Gasteiger partial charge on any atom is -0.497 e. The predicted octanol–water partition coefficient (Wildman–Crippen LogP) is 5.70. The summed E-state index contributed by atoms with van der Waals surface area (Å²) in [5, 5.41) is 5.81. The summed E-state index contributed by atoms with van der Waals surface area (Å²) < 4.78 is 7.08. The smallest absolute Gasteiger partial charge is 0.262 e. The number of fused-ring (bicyclic) bond motifs is 1. The van der Waals surface area contributed by atoms with E-state index >= 15 is 0 Å². The zero-order chi connectivity index (χ0) is 26.0. The zero-order valence-electron chi connectivity index (χ0n) is 21.3. The zero-order valence-corrected chi connectivity index (χ0v) is 23.1. The lowest BCUT2D eigenvalue weighted by Gasteiger charge is -2.16. The van der Waals surface area contributed by atoms with Gasteiger partial charge in [-0.15, -0.1) is 0 Å². The molecular weight excluding hydrogens is 488 g/mol. The first-order valence-corrected chi connectivity index (χ1v) is 15.8. The highest BCUT2D eigenvalue weighted by Crippen LogP contribution is 2.31. The molecule has 1 aromatic heterocycles. The summed E-state index contributed by atoms with van der Waals surface area (Å²) in [7, 11) is 0.240. The first-order valence-electron chi connectivity index (χ1n) is 11.9. The number of methoxy groups -OCH3 is 1. The van der Waals surface area contributed by atoms with Gasteiger partial charge in [-0.25, -0.2) is 0 Å². The second-order valence-electron chi connectivity index (χ2n) is 9.99. The fraction of sp³-hybridized carbons (Fsp3) is 0.241. The first-order chi connectivity index (χ1) is 17.1. The van der Waals surface area contributed by atoms with Crippen molar-refractivity contribution in [3.63, 3.8) is 0 Å². The maximum absolute atomic E-state index is 13.4. The molecule has 186 valence electrons. The number of halogens is 1. The van der Waals surface area contributed by atoms with Gasteiger partial charge in [-0.2, -0.15) is 0 Å². The average molecular weight is 519 g/mol. The molecule has 0 radical (unpaired) electrons. The third-order valence-corrected chi connectivity index (χ3v) is 8.80. The SMILES string of the molecule is COc1ccc2c(c1)c(CC(=O)NCc1ccc([Si](C)(C)C)cc1)c(C)n2C(=O)c1ccc(Cl)cc1. The number of amides is 1. The minimum absolute atomic E-state index is 0.104. The van der Waals surface area contributed by atoms with E-state index in [1.54, 1.807) is 35.9 Å².